The number of fused-ring (bicyclic) bond motifs is 3. The lowest BCUT2D eigenvalue weighted by Gasteiger charge is -2.16. The lowest BCUT2D eigenvalue weighted by atomic mass is 9.98. The van der Waals surface area contributed by atoms with Crippen LogP contribution in [0.2, 0.25) is 0 Å². The largest absolute Gasteiger partial charge is 0.480 e. The van der Waals surface area contributed by atoms with Gasteiger partial charge in [0.1, 0.15) is 18.0 Å². The second-order valence-electron chi connectivity index (χ2n) is 7.19. The van der Waals surface area contributed by atoms with Gasteiger partial charge < -0.3 is 14.7 Å². The molecule has 0 saturated heterocycles. The van der Waals surface area contributed by atoms with Crippen LogP contribution >= 0.6 is 11.3 Å². The topological polar surface area (TPSA) is 109 Å². The Morgan fingerprint density at radius 1 is 1.09 bits per heavy atom. The van der Waals surface area contributed by atoms with E-state index in [0.29, 0.717) is 0 Å². The number of carboxylic acids is 1. The van der Waals surface area contributed by atoms with E-state index in [-0.39, 0.29) is 29.1 Å². The van der Waals surface area contributed by atoms with E-state index >= 15 is 0 Å². The van der Waals surface area contributed by atoms with Crippen molar-refractivity contribution in [3.63, 3.8) is 0 Å². The monoisotopic (exact) mass is 451 g/mol. The van der Waals surface area contributed by atoms with E-state index in [4.69, 9.17) is 9.84 Å². The first-order chi connectivity index (χ1) is 15.5. The number of rotatable bonds is 7. The molecule has 1 aliphatic carbocycles. The molecule has 0 saturated carbocycles. The van der Waals surface area contributed by atoms with Gasteiger partial charge in [-0.1, -0.05) is 59.9 Å². The molecule has 1 aromatic heterocycles. The lowest BCUT2D eigenvalue weighted by molar-refractivity contribution is -0.137. The number of carbonyl (C=O) groups is 3. The third-order valence-corrected chi connectivity index (χ3v) is 6.16. The Morgan fingerprint density at radius 2 is 1.72 bits per heavy atom. The minimum Gasteiger partial charge on any atom is -0.480 e. The maximum Gasteiger partial charge on any atom is 0.413 e. The van der Waals surface area contributed by atoms with Crippen molar-refractivity contribution in [1.82, 2.24) is 9.88 Å². The molecule has 2 N–H and O–H groups in total. The molecule has 0 spiro atoms. The Kier molecular flexibility index (Phi) is 6.18. The third kappa shape index (κ3) is 4.33. The van der Waals surface area contributed by atoms with Gasteiger partial charge in [-0.15, -0.1) is 0 Å². The number of nitrogens with zero attached hydrogens (tertiary/aromatic N) is 2. The molecule has 4 rings (SSSR count). The number of nitrogens with one attached hydrogen (secondary N) is 1. The number of anilines is 1. The number of amides is 2. The van der Waals surface area contributed by atoms with Crippen molar-refractivity contribution < 1.29 is 24.2 Å². The molecule has 0 bridgehead atoms. The van der Waals surface area contributed by atoms with E-state index in [0.717, 1.165) is 33.6 Å². The van der Waals surface area contributed by atoms with Crippen molar-refractivity contribution in [2.75, 3.05) is 25.0 Å². The predicted molar refractivity (Wildman–Crippen MR) is 120 cm³/mol. The van der Waals surface area contributed by atoms with Crippen molar-refractivity contribution in [2.24, 2.45) is 0 Å². The molecule has 2 amide bonds. The Balaban J connectivity index is 1.39. The number of aromatic nitrogens is 1. The van der Waals surface area contributed by atoms with Gasteiger partial charge in [0.2, 0.25) is 0 Å². The molecule has 164 valence electrons. The Morgan fingerprint density at radius 3 is 2.31 bits per heavy atom. The van der Waals surface area contributed by atoms with Crippen LogP contribution in [0.4, 0.5) is 9.93 Å². The molecule has 0 fully saturated rings. The summed E-state index contributed by atoms with van der Waals surface area (Å²) in [6.07, 6.45) is 0.648. The molecular weight excluding hydrogens is 430 g/mol. The van der Waals surface area contributed by atoms with Crippen LogP contribution in [0.25, 0.3) is 11.1 Å². The highest BCUT2D eigenvalue weighted by molar-refractivity contribution is 7.17. The van der Waals surface area contributed by atoms with Crippen molar-refractivity contribution in [1.29, 1.82) is 0 Å². The zero-order valence-electron chi connectivity index (χ0n) is 17.3. The molecule has 0 aliphatic heterocycles. The SMILES string of the molecule is CCN(CC(=O)O)C(=O)c1cnc(NC(=O)OCC2c3ccccc3-c3ccccc32)s1. The van der Waals surface area contributed by atoms with Gasteiger partial charge in [0.25, 0.3) is 5.91 Å². The number of hydrogen-bond acceptors (Lipinski definition) is 6. The Labute approximate surface area is 188 Å². The average Bonchev–Trinajstić information content (AvgIpc) is 3.38. The number of hydrogen-bond donors (Lipinski definition) is 2. The number of carbonyl (C=O) groups excluding carboxylic acids is 2. The van der Waals surface area contributed by atoms with Crippen LogP contribution in [0.5, 0.6) is 0 Å². The van der Waals surface area contributed by atoms with Gasteiger partial charge in [0, 0.05) is 12.5 Å². The van der Waals surface area contributed by atoms with E-state index in [2.05, 4.69) is 22.4 Å². The fraction of sp³-hybridized carbons (Fsp3) is 0.217. The first-order valence-corrected chi connectivity index (χ1v) is 10.9. The van der Waals surface area contributed by atoms with E-state index < -0.39 is 24.5 Å². The Bertz CT molecular complexity index is 1130. The number of ether oxygens (including phenoxy) is 1. The van der Waals surface area contributed by atoms with Crippen LogP contribution in [0.1, 0.15) is 33.6 Å². The van der Waals surface area contributed by atoms with Crippen LogP contribution in [-0.4, -0.2) is 52.7 Å². The van der Waals surface area contributed by atoms with Gasteiger partial charge in [-0.3, -0.25) is 14.9 Å². The van der Waals surface area contributed by atoms with Gasteiger partial charge in [-0.2, -0.15) is 0 Å². The highest BCUT2D eigenvalue weighted by Gasteiger charge is 2.29. The normalized spacial score (nSPS) is 12.0. The summed E-state index contributed by atoms with van der Waals surface area (Å²) in [6, 6.07) is 16.1. The number of likely N-dealkylation sites (N-methyl/N-ethyl adjacent to an activating group) is 1. The maximum atomic E-state index is 12.4. The molecule has 9 heteroatoms. The minimum atomic E-state index is -1.10. The van der Waals surface area contributed by atoms with Crippen LogP contribution in [-0.2, 0) is 9.53 Å². The number of benzene rings is 2. The fourth-order valence-corrected chi connectivity index (χ4v) is 4.57. The van der Waals surface area contributed by atoms with E-state index in [9.17, 15) is 14.4 Å². The first-order valence-electron chi connectivity index (χ1n) is 10.1. The summed E-state index contributed by atoms with van der Waals surface area (Å²) in [5.74, 6) is -1.61. The van der Waals surface area contributed by atoms with E-state index in [1.165, 1.54) is 11.1 Å². The zero-order chi connectivity index (χ0) is 22.7. The Hall–Kier alpha value is -3.72. The van der Waals surface area contributed by atoms with Gasteiger partial charge in [0.05, 0.1) is 6.20 Å². The van der Waals surface area contributed by atoms with Crippen LogP contribution < -0.4 is 5.32 Å². The smallest absolute Gasteiger partial charge is 0.413 e. The summed E-state index contributed by atoms with van der Waals surface area (Å²) in [4.78, 5) is 41.2. The van der Waals surface area contributed by atoms with E-state index in [1.54, 1.807) is 6.92 Å². The lowest BCUT2D eigenvalue weighted by Crippen LogP contribution is -2.34. The molecular formula is C23H21N3O5S. The molecule has 0 unspecified atom stereocenters. The quantitative estimate of drug-likeness (QED) is 0.561. The summed E-state index contributed by atoms with van der Waals surface area (Å²) in [5, 5.41) is 11.7. The predicted octanol–water partition coefficient (Wildman–Crippen LogP) is 4.05. The van der Waals surface area contributed by atoms with Gasteiger partial charge in [-0.25, -0.2) is 9.78 Å². The zero-order valence-corrected chi connectivity index (χ0v) is 18.1. The molecule has 2 aromatic carbocycles. The molecule has 1 aliphatic rings. The second kappa shape index (κ2) is 9.19. The number of carboxylic acid groups (broad SMARTS) is 1. The van der Waals surface area contributed by atoms with Crippen molar-refractivity contribution in [3.8, 4) is 11.1 Å². The third-order valence-electron chi connectivity index (χ3n) is 5.26. The highest BCUT2D eigenvalue weighted by Crippen LogP contribution is 2.44. The summed E-state index contributed by atoms with van der Waals surface area (Å²) in [6.45, 7) is 1.71. The number of aliphatic carboxylic acids is 1. The highest BCUT2D eigenvalue weighted by atomic mass is 32.1. The summed E-state index contributed by atoms with van der Waals surface area (Å²) in [5.41, 5.74) is 4.51. The molecule has 0 atom stereocenters. The molecule has 8 nitrogen and oxygen atoms in total. The molecule has 32 heavy (non-hydrogen) atoms. The van der Waals surface area contributed by atoms with Crippen LogP contribution in [0.3, 0.4) is 0 Å². The molecule has 0 radical (unpaired) electrons. The summed E-state index contributed by atoms with van der Waals surface area (Å²) < 4.78 is 5.48. The summed E-state index contributed by atoms with van der Waals surface area (Å²) >= 11 is 0.968. The van der Waals surface area contributed by atoms with Crippen molar-refractivity contribution >= 4 is 34.4 Å². The number of thiazole rings is 1. The summed E-state index contributed by atoms with van der Waals surface area (Å²) in [7, 11) is 0. The minimum absolute atomic E-state index is 0.0595. The van der Waals surface area contributed by atoms with E-state index in [1.807, 2.05) is 36.4 Å². The molecule has 3 aromatic rings. The average molecular weight is 452 g/mol. The van der Waals surface area contributed by atoms with Crippen molar-refractivity contribution in [2.45, 2.75) is 12.8 Å². The standard InChI is InChI=1S/C23H21N3O5S/c1-2-26(12-20(27)28)21(29)19-11-24-22(32-19)25-23(30)31-13-18-16-9-5-3-7-14(16)15-8-4-6-10-17(15)18/h3-11,18H,2,12-13H2,1H3,(H,27,28)(H,24,25,30). The maximum absolute atomic E-state index is 12.4. The van der Waals surface area contributed by atoms with Crippen LogP contribution in [0.15, 0.2) is 54.7 Å². The van der Waals surface area contributed by atoms with Crippen molar-refractivity contribution in [3.05, 3.63) is 70.7 Å². The molecule has 1 heterocycles. The van der Waals surface area contributed by atoms with Gasteiger partial charge in [-0.05, 0) is 29.2 Å². The van der Waals surface area contributed by atoms with Gasteiger partial charge >= 0.3 is 12.1 Å². The fourth-order valence-electron chi connectivity index (χ4n) is 3.80. The van der Waals surface area contributed by atoms with Gasteiger partial charge in [0.15, 0.2) is 5.13 Å². The first kappa shape index (κ1) is 21.5. The van der Waals surface area contributed by atoms with Crippen LogP contribution in [0, 0.1) is 0 Å². The second-order valence-corrected chi connectivity index (χ2v) is 8.22.